The molecule has 1 aromatic heterocycles. The van der Waals surface area contributed by atoms with Crippen LogP contribution in [-0.4, -0.2) is 4.98 Å². The van der Waals surface area contributed by atoms with Crippen LogP contribution >= 0.6 is 0 Å². The Kier molecular flexibility index (Phi) is 3.60. The number of benzene rings is 1. The van der Waals surface area contributed by atoms with Gasteiger partial charge in [-0.1, -0.05) is 18.2 Å². The molecular weight excluding hydrogens is 227 g/mol. The third-order valence-corrected chi connectivity index (χ3v) is 2.97. The van der Waals surface area contributed by atoms with Crippen molar-refractivity contribution in [1.29, 1.82) is 0 Å². The highest BCUT2D eigenvalue weighted by Gasteiger charge is 2.05. The van der Waals surface area contributed by atoms with Gasteiger partial charge in [0.1, 0.15) is 11.6 Å². The fourth-order valence-electron chi connectivity index (χ4n) is 1.99. The molecule has 2 nitrogen and oxygen atoms in total. The topological polar surface area (TPSA) is 24.9 Å². The van der Waals surface area contributed by atoms with Crippen molar-refractivity contribution in [3.05, 3.63) is 58.5 Å². The van der Waals surface area contributed by atoms with Gasteiger partial charge in [0.25, 0.3) is 0 Å². The smallest absolute Gasteiger partial charge is 0.129 e. The summed E-state index contributed by atoms with van der Waals surface area (Å²) in [5.74, 6) is 0.755. The van der Waals surface area contributed by atoms with Gasteiger partial charge in [-0.05, 0) is 49.1 Å². The molecule has 0 radical (unpaired) electrons. The van der Waals surface area contributed by atoms with E-state index in [0.29, 0.717) is 17.7 Å². The van der Waals surface area contributed by atoms with Crippen LogP contribution in [0.1, 0.15) is 22.3 Å². The zero-order chi connectivity index (χ0) is 13.1. The molecule has 0 amide bonds. The van der Waals surface area contributed by atoms with E-state index in [9.17, 15) is 4.39 Å². The van der Waals surface area contributed by atoms with E-state index in [1.54, 1.807) is 20.0 Å². The van der Waals surface area contributed by atoms with Crippen molar-refractivity contribution in [2.24, 2.45) is 0 Å². The molecule has 18 heavy (non-hydrogen) atoms. The van der Waals surface area contributed by atoms with Crippen LogP contribution in [-0.2, 0) is 6.54 Å². The summed E-state index contributed by atoms with van der Waals surface area (Å²) in [7, 11) is 0. The number of pyridine rings is 1. The molecule has 1 N–H and O–H groups in total. The molecule has 0 aliphatic heterocycles. The van der Waals surface area contributed by atoms with E-state index in [0.717, 1.165) is 16.9 Å². The number of nitrogens with one attached hydrogen (secondary N) is 1. The molecule has 2 rings (SSSR count). The lowest BCUT2D eigenvalue weighted by molar-refractivity contribution is 0.608. The third kappa shape index (κ3) is 2.67. The average Bonchev–Trinajstić information content (AvgIpc) is 2.35. The average molecular weight is 244 g/mol. The number of anilines is 1. The quantitative estimate of drug-likeness (QED) is 0.889. The fraction of sp³-hybridized carbons (Fsp3) is 0.267. The molecule has 3 heteroatoms. The molecule has 1 aromatic carbocycles. The van der Waals surface area contributed by atoms with E-state index in [1.807, 2.05) is 31.2 Å². The Morgan fingerprint density at radius 1 is 1.11 bits per heavy atom. The second-order valence-corrected chi connectivity index (χ2v) is 4.57. The van der Waals surface area contributed by atoms with Crippen molar-refractivity contribution < 1.29 is 4.39 Å². The summed E-state index contributed by atoms with van der Waals surface area (Å²) in [5.41, 5.74) is 3.54. The van der Waals surface area contributed by atoms with Crippen LogP contribution in [0.25, 0.3) is 0 Å². The molecule has 0 unspecified atom stereocenters. The maximum atomic E-state index is 13.5. The van der Waals surface area contributed by atoms with Crippen molar-refractivity contribution >= 4 is 5.82 Å². The molecule has 2 aromatic rings. The number of aryl methyl sites for hydroxylation is 3. The highest BCUT2D eigenvalue weighted by molar-refractivity contribution is 5.43. The molecule has 94 valence electrons. The third-order valence-electron chi connectivity index (χ3n) is 2.97. The van der Waals surface area contributed by atoms with Crippen molar-refractivity contribution in [2.45, 2.75) is 27.3 Å². The maximum Gasteiger partial charge on any atom is 0.129 e. The summed E-state index contributed by atoms with van der Waals surface area (Å²) < 4.78 is 13.5. The SMILES string of the molecule is Cc1cccnc1NCc1cc(C)c(F)c(C)c1. The summed E-state index contributed by atoms with van der Waals surface area (Å²) in [5, 5.41) is 3.27. The summed E-state index contributed by atoms with van der Waals surface area (Å²) in [4.78, 5) is 4.27. The Labute approximate surface area is 107 Å². The molecule has 0 bridgehead atoms. The van der Waals surface area contributed by atoms with Gasteiger partial charge in [-0.25, -0.2) is 9.37 Å². The van der Waals surface area contributed by atoms with E-state index >= 15 is 0 Å². The minimum atomic E-state index is -0.118. The normalized spacial score (nSPS) is 10.4. The minimum Gasteiger partial charge on any atom is -0.366 e. The second-order valence-electron chi connectivity index (χ2n) is 4.57. The van der Waals surface area contributed by atoms with Gasteiger partial charge < -0.3 is 5.32 Å². The van der Waals surface area contributed by atoms with Crippen molar-refractivity contribution in [3.8, 4) is 0 Å². The Balaban J connectivity index is 2.14. The lowest BCUT2D eigenvalue weighted by Gasteiger charge is -2.10. The summed E-state index contributed by atoms with van der Waals surface area (Å²) >= 11 is 0. The molecule has 0 aliphatic rings. The highest BCUT2D eigenvalue weighted by atomic mass is 19.1. The van der Waals surface area contributed by atoms with Gasteiger partial charge in [0, 0.05) is 12.7 Å². The van der Waals surface area contributed by atoms with Crippen LogP contribution in [0, 0.1) is 26.6 Å². The van der Waals surface area contributed by atoms with Crippen molar-refractivity contribution in [3.63, 3.8) is 0 Å². The maximum absolute atomic E-state index is 13.5. The number of aromatic nitrogens is 1. The lowest BCUT2D eigenvalue weighted by Crippen LogP contribution is -2.04. The summed E-state index contributed by atoms with van der Waals surface area (Å²) in [6.45, 7) is 6.24. The monoisotopic (exact) mass is 244 g/mol. The molecule has 0 atom stereocenters. The molecule has 0 spiro atoms. The number of rotatable bonds is 3. The number of hydrogen-bond acceptors (Lipinski definition) is 2. The molecule has 0 aliphatic carbocycles. The second kappa shape index (κ2) is 5.17. The fourth-order valence-corrected chi connectivity index (χ4v) is 1.99. The van der Waals surface area contributed by atoms with E-state index in [-0.39, 0.29) is 5.82 Å². The van der Waals surface area contributed by atoms with Gasteiger partial charge in [0.2, 0.25) is 0 Å². The van der Waals surface area contributed by atoms with E-state index < -0.39 is 0 Å². The largest absolute Gasteiger partial charge is 0.366 e. The van der Waals surface area contributed by atoms with Gasteiger partial charge >= 0.3 is 0 Å². The zero-order valence-corrected chi connectivity index (χ0v) is 10.9. The van der Waals surface area contributed by atoms with Crippen LogP contribution in [0.2, 0.25) is 0 Å². The molecular formula is C15H17FN2. The Hall–Kier alpha value is -1.90. The Morgan fingerprint density at radius 3 is 2.39 bits per heavy atom. The predicted molar refractivity (Wildman–Crippen MR) is 72.2 cm³/mol. The van der Waals surface area contributed by atoms with Crippen LogP contribution in [0.4, 0.5) is 10.2 Å². The number of nitrogens with zero attached hydrogens (tertiary/aromatic N) is 1. The predicted octanol–water partition coefficient (Wildman–Crippen LogP) is 3.76. The summed E-state index contributed by atoms with van der Waals surface area (Å²) in [6, 6.07) is 7.66. The lowest BCUT2D eigenvalue weighted by atomic mass is 10.1. The van der Waals surface area contributed by atoms with Crippen LogP contribution < -0.4 is 5.32 Å². The first kappa shape index (κ1) is 12.6. The standard InChI is InChI=1S/C15H17FN2/c1-10-5-4-6-17-15(10)18-9-13-7-11(2)14(16)12(3)8-13/h4-8H,9H2,1-3H3,(H,17,18). The van der Waals surface area contributed by atoms with Crippen LogP contribution in [0.15, 0.2) is 30.5 Å². The first-order chi connectivity index (χ1) is 8.58. The first-order valence-electron chi connectivity index (χ1n) is 5.99. The summed E-state index contributed by atoms with van der Waals surface area (Å²) in [6.07, 6.45) is 1.76. The van der Waals surface area contributed by atoms with Gasteiger partial charge in [0.05, 0.1) is 0 Å². The van der Waals surface area contributed by atoms with Crippen LogP contribution in [0.5, 0.6) is 0 Å². The van der Waals surface area contributed by atoms with Gasteiger partial charge in [-0.3, -0.25) is 0 Å². The van der Waals surface area contributed by atoms with E-state index in [4.69, 9.17) is 0 Å². The van der Waals surface area contributed by atoms with Crippen molar-refractivity contribution in [1.82, 2.24) is 4.98 Å². The molecule has 0 saturated carbocycles. The van der Waals surface area contributed by atoms with Gasteiger partial charge in [0.15, 0.2) is 0 Å². The first-order valence-corrected chi connectivity index (χ1v) is 5.99. The zero-order valence-electron chi connectivity index (χ0n) is 10.9. The molecule has 1 heterocycles. The van der Waals surface area contributed by atoms with E-state index in [2.05, 4.69) is 10.3 Å². The van der Waals surface area contributed by atoms with Crippen LogP contribution in [0.3, 0.4) is 0 Å². The number of hydrogen-bond donors (Lipinski definition) is 1. The van der Waals surface area contributed by atoms with Gasteiger partial charge in [-0.2, -0.15) is 0 Å². The number of halogens is 1. The van der Waals surface area contributed by atoms with Crippen molar-refractivity contribution in [2.75, 3.05) is 5.32 Å². The van der Waals surface area contributed by atoms with Gasteiger partial charge in [-0.15, -0.1) is 0 Å². The van der Waals surface area contributed by atoms with E-state index in [1.165, 1.54) is 0 Å². The highest BCUT2D eigenvalue weighted by Crippen LogP contribution is 2.16. The Bertz CT molecular complexity index is 541. The Morgan fingerprint density at radius 2 is 1.78 bits per heavy atom. The molecule has 0 saturated heterocycles. The molecule has 0 fully saturated rings. The minimum absolute atomic E-state index is 0.118.